The Bertz CT molecular complexity index is 581. The maximum absolute atomic E-state index is 11.5. The minimum absolute atomic E-state index is 0.280. The van der Waals surface area contributed by atoms with E-state index in [4.69, 9.17) is 27.9 Å². The third kappa shape index (κ3) is 2.66. The van der Waals surface area contributed by atoms with Crippen molar-refractivity contribution in [3.63, 3.8) is 0 Å². The number of hydrogen-bond acceptors (Lipinski definition) is 3. The molecule has 1 aromatic heterocycles. The van der Waals surface area contributed by atoms with Gasteiger partial charge in [-0.1, -0.05) is 23.2 Å². The summed E-state index contributed by atoms with van der Waals surface area (Å²) < 4.78 is 4.86. The lowest BCUT2D eigenvalue weighted by molar-refractivity contribution is 0.0519. The number of carbonyl (C=O) groups excluding carboxylic acids is 1. The molecule has 1 N–H and O–H groups in total. The third-order valence-electron chi connectivity index (χ3n) is 2.28. The van der Waals surface area contributed by atoms with E-state index < -0.39 is 5.97 Å². The first-order valence-electron chi connectivity index (χ1n) is 5.29. The molecule has 0 aliphatic heterocycles. The molecule has 18 heavy (non-hydrogen) atoms. The average Bonchev–Trinajstić information content (AvgIpc) is 2.82. The first-order chi connectivity index (χ1) is 8.61. The van der Waals surface area contributed by atoms with E-state index in [0.717, 1.165) is 0 Å². The van der Waals surface area contributed by atoms with Crippen molar-refractivity contribution in [2.45, 2.75) is 6.92 Å². The van der Waals surface area contributed by atoms with Crippen molar-refractivity contribution in [3.05, 3.63) is 40.0 Å². The molecular weight excluding hydrogens is 275 g/mol. The lowest BCUT2D eigenvalue weighted by atomic mass is 10.1. The number of ether oxygens (including phenoxy) is 1. The molecule has 0 fully saturated rings. The van der Waals surface area contributed by atoms with Crippen molar-refractivity contribution >= 4 is 29.2 Å². The van der Waals surface area contributed by atoms with Crippen LogP contribution < -0.4 is 0 Å². The molecule has 0 atom stereocenters. The standard InChI is InChI=1S/C12H10Cl2N2O2/c1-2-18-12(17)11-6-10(15-16-11)8-5-7(13)3-4-9(8)14/h3-6H,2H2,1H3,(H,15,16). The van der Waals surface area contributed by atoms with Crippen LogP contribution in [0.4, 0.5) is 0 Å². The van der Waals surface area contributed by atoms with Gasteiger partial charge in [0, 0.05) is 10.6 Å². The number of nitrogens with one attached hydrogen (secondary N) is 1. The van der Waals surface area contributed by atoms with Crippen LogP contribution in [0.3, 0.4) is 0 Å². The van der Waals surface area contributed by atoms with Crippen LogP contribution in [-0.4, -0.2) is 22.8 Å². The van der Waals surface area contributed by atoms with Crippen LogP contribution in [0.15, 0.2) is 24.3 Å². The molecule has 0 bridgehead atoms. The summed E-state index contributed by atoms with van der Waals surface area (Å²) in [6.45, 7) is 2.05. The van der Waals surface area contributed by atoms with Gasteiger partial charge in [-0.15, -0.1) is 0 Å². The Balaban J connectivity index is 2.35. The van der Waals surface area contributed by atoms with Crippen molar-refractivity contribution < 1.29 is 9.53 Å². The van der Waals surface area contributed by atoms with Gasteiger partial charge in [-0.25, -0.2) is 4.79 Å². The van der Waals surface area contributed by atoms with Gasteiger partial charge in [-0.3, -0.25) is 5.10 Å². The van der Waals surface area contributed by atoms with E-state index in [1.165, 1.54) is 0 Å². The average molecular weight is 285 g/mol. The monoisotopic (exact) mass is 284 g/mol. The van der Waals surface area contributed by atoms with Gasteiger partial charge in [-0.05, 0) is 31.2 Å². The van der Waals surface area contributed by atoms with Crippen LogP contribution in [0.1, 0.15) is 17.4 Å². The van der Waals surface area contributed by atoms with Crippen molar-refractivity contribution in [1.29, 1.82) is 0 Å². The Hall–Kier alpha value is -1.52. The largest absolute Gasteiger partial charge is 0.461 e. The second kappa shape index (κ2) is 5.42. The Kier molecular flexibility index (Phi) is 3.89. The number of carbonyl (C=O) groups is 1. The van der Waals surface area contributed by atoms with Crippen molar-refractivity contribution in [2.75, 3.05) is 6.61 Å². The Labute approximate surface area is 114 Å². The van der Waals surface area contributed by atoms with Gasteiger partial charge in [0.2, 0.25) is 0 Å². The maximum Gasteiger partial charge on any atom is 0.356 e. The summed E-state index contributed by atoms with van der Waals surface area (Å²) in [6.07, 6.45) is 0. The van der Waals surface area contributed by atoms with E-state index in [1.54, 1.807) is 31.2 Å². The summed E-state index contributed by atoms with van der Waals surface area (Å²) >= 11 is 11.9. The topological polar surface area (TPSA) is 55.0 Å². The van der Waals surface area contributed by atoms with Gasteiger partial charge in [-0.2, -0.15) is 5.10 Å². The minimum atomic E-state index is -0.450. The van der Waals surface area contributed by atoms with Gasteiger partial charge in [0.25, 0.3) is 0 Å². The van der Waals surface area contributed by atoms with E-state index >= 15 is 0 Å². The highest BCUT2D eigenvalue weighted by molar-refractivity contribution is 6.35. The molecule has 94 valence electrons. The number of esters is 1. The summed E-state index contributed by atoms with van der Waals surface area (Å²) in [6, 6.07) is 6.63. The maximum atomic E-state index is 11.5. The number of halogens is 2. The van der Waals surface area contributed by atoms with Crippen LogP contribution in [0.2, 0.25) is 10.0 Å². The van der Waals surface area contributed by atoms with E-state index in [0.29, 0.717) is 27.9 Å². The normalized spacial score (nSPS) is 10.4. The second-order valence-corrected chi connectivity index (χ2v) is 4.36. The summed E-state index contributed by atoms with van der Waals surface area (Å²) in [4.78, 5) is 11.5. The molecule has 0 saturated carbocycles. The molecule has 0 unspecified atom stereocenters. The quantitative estimate of drug-likeness (QED) is 0.877. The van der Waals surface area contributed by atoms with Crippen molar-refractivity contribution in [2.24, 2.45) is 0 Å². The Morgan fingerprint density at radius 2 is 2.17 bits per heavy atom. The van der Waals surface area contributed by atoms with E-state index in [1.807, 2.05) is 0 Å². The fourth-order valence-electron chi connectivity index (χ4n) is 1.47. The molecule has 0 aliphatic rings. The van der Waals surface area contributed by atoms with Crippen LogP contribution in [-0.2, 0) is 4.74 Å². The number of aromatic nitrogens is 2. The fourth-order valence-corrected chi connectivity index (χ4v) is 1.85. The number of benzene rings is 1. The number of nitrogens with zero attached hydrogens (tertiary/aromatic N) is 1. The molecule has 1 heterocycles. The molecule has 1 aromatic carbocycles. The molecule has 2 rings (SSSR count). The minimum Gasteiger partial charge on any atom is -0.461 e. The van der Waals surface area contributed by atoms with Crippen molar-refractivity contribution in [3.8, 4) is 11.3 Å². The summed E-state index contributed by atoms with van der Waals surface area (Å²) in [5, 5.41) is 7.70. The predicted octanol–water partition coefficient (Wildman–Crippen LogP) is 3.56. The van der Waals surface area contributed by atoms with Gasteiger partial charge < -0.3 is 4.74 Å². The lowest BCUT2D eigenvalue weighted by Gasteiger charge is -2.00. The molecule has 0 aliphatic carbocycles. The molecule has 2 aromatic rings. The lowest BCUT2D eigenvalue weighted by Crippen LogP contribution is -2.04. The first-order valence-corrected chi connectivity index (χ1v) is 6.05. The highest BCUT2D eigenvalue weighted by Crippen LogP contribution is 2.29. The van der Waals surface area contributed by atoms with Crippen LogP contribution in [0, 0.1) is 0 Å². The molecular formula is C12H10Cl2N2O2. The second-order valence-electron chi connectivity index (χ2n) is 3.51. The number of rotatable bonds is 3. The zero-order valence-corrected chi connectivity index (χ0v) is 11.0. The fraction of sp³-hybridized carbons (Fsp3) is 0.167. The molecule has 0 saturated heterocycles. The summed E-state index contributed by atoms with van der Waals surface area (Å²) in [5.74, 6) is -0.450. The van der Waals surface area contributed by atoms with Gasteiger partial charge in [0.1, 0.15) is 5.69 Å². The predicted molar refractivity (Wildman–Crippen MR) is 70.0 cm³/mol. The smallest absolute Gasteiger partial charge is 0.356 e. The number of hydrogen-bond donors (Lipinski definition) is 1. The summed E-state index contributed by atoms with van der Waals surface area (Å²) in [7, 11) is 0. The van der Waals surface area contributed by atoms with E-state index in [2.05, 4.69) is 10.2 Å². The SMILES string of the molecule is CCOC(=O)c1cc(-c2cc(Cl)ccc2Cl)n[nH]1. The zero-order valence-electron chi connectivity index (χ0n) is 9.54. The Morgan fingerprint density at radius 3 is 2.89 bits per heavy atom. The molecule has 6 heteroatoms. The molecule has 0 spiro atoms. The third-order valence-corrected chi connectivity index (χ3v) is 2.84. The van der Waals surface area contributed by atoms with Crippen LogP contribution in [0.5, 0.6) is 0 Å². The van der Waals surface area contributed by atoms with Gasteiger partial charge in [0.05, 0.1) is 17.3 Å². The molecule has 0 amide bonds. The highest BCUT2D eigenvalue weighted by atomic mass is 35.5. The zero-order chi connectivity index (χ0) is 13.1. The van der Waals surface area contributed by atoms with Crippen LogP contribution >= 0.6 is 23.2 Å². The van der Waals surface area contributed by atoms with E-state index in [-0.39, 0.29) is 5.69 Å². The van der Waals surface area contributed by atoms with Gasteiger partial charge in [0.15, 0.2) is 0 Å². The Morgan fingerprint density at radius 1 is 1.39 bits per heavy atom. The highest BCUT2D eigenvalue weighted by Gasteiger charge is 2.13. The molecule has 4 nitrogen and oxygen atoms in total. The van der Waals surface area contributed by atoms with Crippen LogP contribution in [0.25, 0.3) is 11.3 Å². The van der Waals surface area contributed by atoms with Crippen molar-refractivity contribution in [1.82, 2.24) is 10.2 Å². The number of H-pyrrole nitrogens is 1. The summed E-state index contributed by atoms with van der Waals surface area (Å²) in [5.41, 5.74) is 1.49. The first kappa shape index (κ1) is 12.9. The number of aromatic amines is 1. The molecule has 0 radical (unpaired) electrons. The van der Waals surface area contributed by atoms with Gasteiger partial charge >= 0.3 is 5.97 Å². The van der Waals surface area contributed by atoms with E-state index in [9.17, 15) is 4.79 Å².